The smallest absolute Gasteiger partial charge is 0.231 e. The quantitative estimate of drug-likeness (QED) is 0.923. The van der Waals surface area contributed by atoms with Gasteiger partial charge >= 0.3 is 0 Å². The molecule has 1 N–H and O–H groups in total. The van der Waals surface area contributed by atoms with Crippen molar-refractivity contribution in [3.05, 3.63) is 65.2 Å². The number of hydrogen-bond acceptors (Lipinski definition) is 3. The van der Waals surface area contributed by atoms with Gasteiger partial charge in [0.15, 0.2) is 0 Å². The van der Waals surface area contributed by atoms with E-state index >= 15 is 0 Å². The Morgan fingerprint density at radius 2 is 1.83 bits per heavy atom. The fourth-order valence-electron chi connectivity index (χ4n) is 2.91. The highest BCUT2D eigenvalue weighted by atomic mass is 16.5. The predicted molar refractivity (Wildman–Crippen MR) is 90.4 cm³/mol. The molecule has 1 unspecified atom stereocenters. The van der Waals surface area contributed by atoms with Crippen LogP contribution in [0.3, 0.4) is 0 Å². The molecule has 0 aromatic heterocycles. The third-order valence-corrected chi connectivity index (χ3v) is 4.07. The molecule has 0 aliphatic carbocycles. The maximum absolute atomic E-state index is 12.5. The van der Waals surface area contributed by atoms with Crippen molar-refractivity contribution in [3.8, 4) is 5.75 Å². The largest absolute Gasteiger partial charge is 0.492 e. The predicted octanol–water partition coefficient (Wildman–Crippen LogP) is 2.54. The summed E-state index contributed by atoms with van der Waals surface area (Å²) in [6.07, 6.45) is 0. The fourth-order valence-corrected chi connectivity index (χ4v) is 2.91. The number of carbonyl (C=O) groups excluding carboxylic acids is 1. The van der Waals surface area contributed by atoms with Crippen LogP contribution in [0.25, 0.3) is 0 Å². The number of hydrogen-bond donors (Lipinski definition) is 1. The maximum atomic E-state index is 12.5. The molecule has 4 heteroatoms. The van der Waals surface area contributed by atoms with Crippen molar-refractivity contribution in [2.75, 3.05) is 20.7 Å². The second-order valence-electron chi connectivity index (χ2n) is 6.13. The van der Waals surface area contributed by atoms with Gasteiger partial charge in [0.2, 0.25) is 5.91 Å². The summed E-state index contributed by atoms with van der Waals surface area (Å²) >= 11 is 0. The molecule has 2 aromatic carbocycles. The number of nitrogens with zero attached hydrogens (tertiary/aromatic N) is 1. The Morgan fingerprint density at radius 3 is 2.61 bits per heavy atom. The van der Waals surface area contributed by atoms with Gasteiger partial charge in [0, 0.05) is 18.7 Å². The Balaban J connectivity index is 1.67. The topological polar surface area (TPSA) is 41.6 Å². The summed E-state index contributed by atoms with van der Waals surface area (Å²) in [5, 5.41) is 3.06. The average Bonchev–Trinajstić information content (AvgIpc) is 2.97. The summed E-state index contributed by atoms with van der Waals surface area (Å²) in [6, 6.07) is 16.0. The van der Waals surface area contributed by atoms with Crippen LogP contribution in [0, 0.1) is 0 Å². The van der Waals surface area contributed by atoms with Crippen LogP contribution < -0.4 is 10.1 Å². The Kier molecular flexibility index (Phi) is 4.63. The van der Waals surface area contributed by atoms with Crippen LogP contribution in [-0.4, -0.2) is 31.5 Å². The zero-order valence-corrected chi connectivity index (χ0v) is 13.6. The van der Waals surface area contributed by atoms with Crippen LogP contribution in [0.4, 0.5) is 0 Å². The lowest BCUT2D eigenvalue weighted by Crippen LogP contribution is -2.30. The van der Waals surface area contributed by atoms with Crippen LogP contribution in [0.15, 0.2) is 48.5 Å². The van der Waals surface area contributed by atoms with Gasteiger partial charge in [-0.3, -0.25) is 4.79 Å². The van der Waals surface area contributed by atoms with Gasteiger partial charge < -0.3 is 15.0 Å². The second kappa shape index (κ2) is 6.84. The lowest BCUT2D eigenvalue weighted by atomic mass is 10.00. The van der Waals surface area contributed by atoms with Crippen molar-refractivity contribution in [2.24, 2.45) is 0 Å². The third-order valence-electron chi connectivity index (χ3n) is 4.07. The molecule has 23 heavy (non-hydrogen) atoms. The molecule has 3 rings (SSSR count). The van der Waals surface area contributed by atoms with E-state index in [0.29, 0.717) is 13.2 Å². The Morgan fingerprint density at radius 1 is 1.13 bits per heavy atom. The Labute approximate surface area is 137 Å². The van der Waals surface area contributed by atoms with Crippen molar-refractivity contribution < 1.29 is 9.53 Å². The van der Waals surface area contributed by atoms with E-state index in [-0.39, 0.29) is 11.8 Å². The summed E-state index contributed by atoms with van der Waals surface area (Å²) in [5.74, 6) is 0.627. The van der Waals surface area contributed by atoms with E-state index in [2.05, 4.69) is 22.3 Å². The van der Waals surface area contributed by atoms with Crippen LogP contribution in [0.2, 0.25) is 0 Å². The minimum absolute atomic E-state index is 0.0228. The zero-order chi connectivity index (χ0) is 16.2. The lowest BCUT2D eigenvalue weighted by molar-refractivity contribution is -0.122. The highest BCUT2D eigenvalue weighted by Gasteiger charge is 2.29. The molecule has 1 aliphatic heterocycles. The molecular formula is C19H22N2O2. The zero-order valence-electron chi connectivity index (χ0n) is 13.6. The number of benzene rings is 2. The monoisotopic (exact) mass is 310 g/mol. The van der Waals surface area contributed by atoms with Crippen LogP contribution in [-0.2, 0) is 17.9 Å². The van der Waals surface area contributed by atoms with Crippen molar-refractivity contribution >= 4 is 5.91 Å². The highest BCUT2D eigenvalue weighted by Crippen LogP contribution is 2.33. The maximum Gasteiger partial charge on any atom is 0.231 e. The first-order chi connectivity index (χ1) is 11.1. The summed E-state index contributed by atoms with van der Waals surface area (Å²) < 4.78 is 5.59. The molecule has 0 fully saturated rings. The molecule has 1 heterocycles. The number of amides is 1. The van der Waals surface area contributed by atoms with E-state index < -0.39 is 0 Å². The van der Waals surface area contributed by atoms with E-state index in [1.165, 1.54) is 5.56 Å². The van der Waals surface area contributed by atoms with E-state index in [1.807, 2.05) is 50.5 Å². The van der Waals surface area contributed by atoms with E-state index in [0.717, 1.165) is 23.4 Å². The van der Waals surface area contributed by atoms with Crippen molar-refractivity contribution in [3.63, 3.8) is 0 Å². The molecule has 120 valence electrons. The molecule has 1 amide bonds. The molecule has 2 aromatic rings. The summed E-state index contributed by atoms with van der Waals surface area (Å²) in [7, 11) is 4.09. The van der Waals surface area contributed by atoms with Gasteiger partial charge in [-0.05, 0) is 31.3 Å². The first-order valence-electron chi connectivity index (χ1n) is 7.86. The number of nitrogens with one attached hydrogen (secondary N) is 1. The average molecular weight is 310 g/mol. The Bertz CT molecular complexity index is 697. The molecular weight excluding hydrogens is 288 g/mol. The minimum Gasteiger partial charge on any atom is -0.492 e. The van der Waals surface area contributed by atoms with E-state index in [1.54, 1.807) is 0 Å². The number of rotatable bonds is 5. The molecule has 0 saturated heterocycles. The molecule has 0 bridgehead atoms. The molecule has 1 aliphatic rings. The highest BCUT2D eigenvalue weighted by molar-refractivity contribution is 5.85. The normalized spacial score (nSPS) is 16.0. The molecule has 4 nitrogen and oxygen atoms in total. The fraction of sp³-hybridized carbons (Fsp3) is 0.316. The van der Waals surface area contributed by atoms with Gasteiger partial charge in [-0.15, -0.1) is 0 Å². The van der Waals surface area contributed by atoms with Crippen molar-refractivity contribution in [1.29, 1.82) is 0 Å². The SMILES string of the molecule is CN(C)Cc1ccccc1CNC(=O)C1COc2ccccc21. The number of ether oxygens (including phenoxy) is 1. The molecule has 0 spiro atoms. The van der Waals surface area contributed by atoms with Gasteiger partial charge in [0.05, 0.1) is 0 Å². The first-order valence-corrected chi connectivity index (χ1v) is 7.86. The standard InChI is InChI=1S/C19H22N2O2/c1-21(2)12-15-8-4-3-7-14(15)11-20-19(22)17-13-23-18-10-6-5-9-16(17)18/h3-10,17H,11-13H2,1-2H3,(H,20,22). The number of carbonyl (C=O) groups is 1. The van der Waals surface area contributed by atoms with Gasteiger partial charge in [-0.2, -0.15) is 0 Å². The van der Waals surface area contributed by atoms with Crippen molar-refractivity contribution in [1.82, 2.24) is 10.2 Å². The van der Waals surface area contributed by atoms with Crippen molar-refractivity contribution in [2.45, 2.75) is 19.0 Å². The third kappa shape index (κ3) is 3.54. The van der Waals surface area contributed by atoms with E-state index in [9.17, 15) is 4.79 Å². The molecule has 0 saturated carbocycles. The first kappa shape index (κ1) is 15.6. The summed E-state index contributed by atoms with van der Waals surface area (Å²) in [6.45, 7) is 1.83. The van der Waals surface area contributed by atoms with Crippen LogP contribution >= 0.6 is 0 Å². The van der Waals surface area contributed by atoms with Gasteiger partial charge in [-0.1, -0.05) is 42.5 Å². The van der Waals surface area contributed by atoms with E-state index in [4.69, 9.17) is 4.74 Å². The molecule has 1 atom stereocenters. The lowest BCUT2D eigenvalue weighted by Gasteiger charge is -2.15. The summed E-state index contributed by atoms with van der Waals surface area (Å²) in [5.41, 5.74) is 3.37. The minimum atomic E-state index is -0.216. The Hall–Kier alpha value is -2.33. The second-order valence-corrected chi connectivity index (χ2v) is 6.13. The van der Waals surface area contributed by atoms with Gasteiger partial charge in [-0.25, -0.2) is 0 Å². The van der Waals surface area contributed by atoms with Crippen LogP contribution in [0.1, 0.15) is 22.6 Å². The van der Waals surface area contributed by atoms with Gasteiger partial charge in [0.25, 0.3) is 0 Å². The number of fused-ring (bicyclic) bond motifs is 1. The van der Waals surface area contributed by atoms with Crippen LogP contribution in [0.5, 0.6) is 5.75 Å². The number of para-hydroxylation sites is 1. The summed E-state index contributed by atoms with van der Waals surface area (Å²) in [4.78, 5) is 14.6. The van der Waals surface area contributed by atoms with Gasteiger partial charge in [0.1, 0.15) is 18.3 Å². The molecule has 0 radical (unpaired) electrons.